The molecule has 0 aliphatic heterocycles. The van der Waals surface area contributed by atoms with E-state index < -0.39 is 0 Å². The Labute approximate surface area is 138 Å². The summed E-state index contributed by atoms with van der Waals surface area (Å²) in [6.45, 7) is 0. The lowest BCUT2D eigenvalue weighted by Crippen LogP contribution is -2.09. The molecule has 0 bridgehead atoms. The summed E-state index contributed by atoms with van der Waals surface area (Å²) in [6, 6.07) is 11.3. The van der Waals surface area contributed by atoms with Gasteiger partial charge in [0.05, 0.1) is 10.7 Å². The van der Waals surface area contributed by atoms with Crippen LogP contribution in [0.2, 0.25) is 5.02 Å². The molecule has 0 heterocycles. The molecule has 0 saturated heterocycles. The smallest absolute Gasteiger partial charge is 0.104 e. The predicted molar refractivity (Wildman–Crippen MR) is 92.5 cm³/mol. The number of benzene rings is 2. The molecule has 0 aliphatic carbocycles. The lowest BCUT2D eigenvalue weighted by Gasteiger charge is -2.10. The number of nitrogens with one attached hydrogen (secondary N) is 1. The summed E-state index contributed by atoms with van der Waals surface area (Å²) >= 11 is 17.8. The number of thiocarbonyl (C=S) groups is 1. The van der Waals surface area contributed by atoms with Crippen LogP contribution in [0.25, 0.3) is 0 Å². The van der Waals surface area contributed by atoms with E-state index in [2.05, 4.69) is 37.2 Å². The number of nitrogens with two attached hydrogens (primary N) is 1. The van der Waals surface area contributed by atoms with Crippen molar-refractivity contribution in [2.24, 2.45) is 5.73 Å². The first-order valence-corrected chi connectivity index (χ1v) is 7.66. The molecule has 0 saturated carbocycles. The van der Waals surface area contributed by atoms with Crippen molar-refractivity contribution in [2.45, 2.75) is 0 Å². The van der Waals surface area contributed by atoms with E-state index in [1.807, 2.05) is 36.4 Å². The third-order valence-electron chi connectivity index (χ3n) is 2.45. The molecule has 0 radical (unpaired) electrons. The summed E-state index contributed by atoms with van der Waals surface area (Å²) in [5, 5.41) is 3.92. The van der Waals surface area contributed by atoms with Crippen molar-refractivity contribution in [3.8, 4) is 0 Å². The van der Waals surface area contributed by atoms with E-state index in [0.29, 0.717) is 10.0 Å². The van der Waals surface area contributed by atoms with Gasteiger partial charge in [-0.3, -0.25) is 0 Å². The minimum atomic E-state index is 0.374. The van der Waals surface area contributed by atoms with Crippen LogP contribution in [0, 0.1) is 0 Å². The molecule has 0 amide bonds. The molecule has 0 unspecified atom stereocenters. The molecule has 0 aliphatic rings. The van der Waals surface area contributed by atoms with E-state index in [9.17, 15) is 0 Å². The molecule has 19 heavy (non-hydrogen) atoms. The molecule has 98 valence electrons. The van der Waals surface area contributed by atoms with Gasteiger partial charge in [0, 0.05) is 20.2 Å². The second kappa shape index (κ2) is 6.22. The molecule has 0 atom stereocenters. The van der Waals surface area contributed by atoms with Gasteiger partial charge in [-0.2, -0.15) is 0 Å². The predicted octanol–water partition coefficient (Wildman–Crippen LogP) is 5.24. The van der Waals surface area contributed by atoms with Gasteiger partial charge in [0.1, 0.15) is 4.99 Å². The summed E-state index contributed by atoms with van der Waals surface area (Å²) in [4.78, 5) is 0.374. The maximum atomic E-state index is 6.05. The van der Waals surface area contributed by atoms with Crippen molar-refractivity contribution < 1.29 is 0 Å². The molecule has 2 aromatic rings. The summed E-state index contributed by atoms with van der Waals surface area (Å²) in [5.74, 6) is 0. The minimum absolute atomic E-state index is 0.374. The van der Waals surface area contributed by atoms with Gasteiger partial charge in [-0.1, -0.05) is 23.8 Å². The third kappa shape index (κ3) is 3.69. The van der Waals surface area contributed by atoms with E-state index >= 15 is 0 Å². The fourth-order valence-electron chi connectivity index (χ4n) is 1.50. The van der Waals surface area contributed by atoms with E-state index in [-0.39, 0.29) is 0 Å². The molecule has 2 rings (SSSR count). The van der Waals surface area contributed by atoms with Crippen LogP contribution in [0.5, 0.6) is 0 Å². The molecular formula is C13H9Br2ClN2S. The van der Waals surface area contributed by atoms with Crippen LogP contribution >= 0.6 is 55.7 Å². The zero-order valence-corrected chi connectivity index (χ0v) is 14.3. The fraction of sp³-hybridized carbons (Fsp3) is 0. The van der Waals surface area contributed by atoms with Crippen molar-refractivity contribution in [3.63, 3.8) is 0 Å². The average Bonchev–Trinajstić information content (AvgIpc) is 2.36. The Balaban J connectivity index is 2.28. The lowest BCUT2D eigenvalue weighted by atomic mass is 10.2. The number of hydrogen-bond acceptors (Lipinski definition) is 2. The Kier molecular flexibility index (Phi) is 4.84. The highest BCUT2D eigenvalue weighted by atomic mass is 79.9. The van der Waals surface area contributed by atoms with Crippen LogP contribution in [0.4, 0.5) is 11.4 Å². The van der Waals surface area contributed by atoms with E-state index in [4.69, 9.17) is 29.6 Å². The SMILES string of the molecule is NC(=S)c1ccc(Nc2ccc(Br)c(Cl)c2)c(Br)c1. The first-order valence-electron chi connectivity index (χ1n) is 5.29. The first-order chi connectivity index (χ1) is 8.97. The Bertz CT molecular complexity index is 647. The van der Waals surface area contributed by atoms with Crippen LogP contribution < -0.4 is 11.1 Å². The number of rotatable bonds is 3. The zero-order chi connectivity index (χ0) is 14.0. The van der Waals surface area contributed by atoms with Crippen LogP contribution in [0.15, 0.2) is 45.3 Å². The average molecular weight is 421 g/mol. The number of halogens is 3. The van der Waals surface area contributed by atoms with Crippen LogP contribution in [-0.4, -0.2) is 4.99 Å². The second-order valence-electron chi connectivity index (χ2n) is 3.81. The lowest BCUT2D eigenvalue weighted by molar-refractivity contribution is 1.50. The maximum absolute atomic E-state index is 6.05. The van der Waals surface area contributed by atoms with Gasteiger partial charge in [0.2, 0.25) is 0 Å². The largest absolute Gasteiger partial charge is 0.389 e. The highest BCUT2D eigenvalue weighted by Crippen LogP contribution is 2.30. The van der Waals surface area contributed by atoms with Gasteiger partial charge in [-0.05, 0) is 68.3 Å². The first kappa shape index (κ1) is 14.8. The van der Waals surface area contributed by atoms with Crippen LogP contribution in [0.3, 0.4) is 0 Å². The van der Waals surface area contributed by atoms with Crippen molar-refractivity contribution in [2.75, 3.05) is 5.32 Å². The standard InChI is InChI=1S/C13H9Br2ClN2S/c14-9-3-2-8(6-11(9)16)18-12-4-1-7(13(17)19)5-10(12)15/h1-6,18H,(H2,17,19). The van der Waals surface area contributed by atoms with Gasteiger partial charge in [0.25, 0.3) is 0 Å². The van der Waals surface area contributed by atoms with Crippen molar-refractivity contribution >= 4 is 72.0 Å². The van der Waals surface area contributed by atoms with Gasteiger partial charge in [0.15, 0.2) is 0 Å². The van der Waals surface area contributed by atoms with Crippen LogP contribution in [-0.2, 0) is 0 Å². The highest BCUT2D eigenvalue weighted by molar-refractivity contribution is 9.11. The van der Waals surface area contributed by atoms with Crippen LogP contribution in [0.1, 0.15) is 5.56 Å². The highest BCUT2D eigenvalue weighted by Gasteiger charge is 2.05. The van der Waals surface area contributed by atoms with E-state index in [1.54, 1.807) is 0 Å². The van der Waals surface area contributed by atoms with Gasteiger partial charge >= 0.3 is 0 Å². The Morgan fingerprint density at radius 3 is 2.42 bits per heavy atom. The Morgan fingerprint density at radius 1 is 1.11 bits per heavy atom. The summed E-state index contributed by atoms with van der Waals surface area (Å²) in [5.41, 5.74) is 8.23. The van der Waals surface area contributed by atoms with Gasteiger partial charge in [-0.15, -0.1) is 0 Å². The van der Waals surface area contributed by atoms with Gasteiger partial charge in [-0.25, -0.2) is 0 Å². The second-order valence-corrected chi connectivity index (χ2v) is 6.37. The topological polar surface area (TPSA) is 38.0 Å². The van der Waals surface area contributed by atoms with Crippen molar-refractivity contribution in [1.29, 1.82) is 0 Å². The molecular weight excluding hydrogens is 411 g/mol. The third-order valence-corrected chi connectivity index (χ3v) is 4.58. The zero-order valence-electron chi connectivity index (χ0n) is 9.58. The number of hydrogen-bond donors (Lipinski definition) is 2. The molecule has 2 aromatic carbocycles. The van der Waals surface area contributed by atoms with Gasteiger partial charge < -0.3 is 11.1 Å². The summed E-state index contributed by atoms with van der Waals surface area (Å²) < 4.78 is 1.75. The fourth-order valence-corrected chi connectivity index (χ4v) is 2.53. The molecule has 0 spiro atoms. The Morgan fingerprint density at radius 2 is 1.84 bits per heavy atom. The summed E-state index contributed by atoms with van der Waals surface area (Å²) in [7, 11) is 0. The quantitative estimate of drug-likeness (QED) is 0.667. The molecule has 0 aromatic heterocycles. The molecule has 0 fully saturated rings. The minimum Gasteiger partial charge on any atom is -0.389 e. The molecule has 2 nitrogen and oxygen atoms in total. The summed E-state index contributed by atoms with van der Waals surface area (Å²) in [6.07, 6.45) is 0. The van der Waals surface area contributed by atoms with Crippen molar-refractivity contribution in [3.05, 3.63) is 55.9 Å². The normalized spacial score (nSPS) is 10.3. The van der Waals surface area contributed by atoms with Crippen molar-refractivity contribution in [1.82, 2.24) is 0 Å². The number of anilines is 2. The Hall–Kier alpha value is -0.620. The van der Waals surface area contributed by atoms with E-state index in [0.717, 1.165) is 25.9 Å². The monoisotopic (exact) mass is 418 g/mol. The molecule has 3 N–H and O–H groups in total. The molecule has 6 heteroatoms. The van der Waals surface area contributed by atoms with E-state index in [1.165, 1.54) is 0 Å². The maximum Gasteiger partial charge on any atom is 0.104 e.